The van der Waals surface area contributed by atoms with Gasteiger partial charge in [-0.05, 0) is 49.6 Å². The van der Waals surface area contributed by atoms with E-state index in [4.69, 9.17) is 0 Å². The Labute approximate surface area is 196 Å². The molecule has 0 unspecified atom stereocenters. The summed E-state index contributed by atoms with van der Waals surface area (Å²) in [4.78, 5) is 13.2. The number of amides is 1. The smallest absolute Gasteiger partial charge is 0.243 e. The highest BCUT2D eigenvalue weighted by Gasteiger charge is 2.34. The van der Waals surface area contributed by atoms with E-state index in [2.05, 4.69) is 5.32 Å². The number of hydrogen-bond acceptors (Lipinski definition) is 5. The fourth-order valence-corrected chi connectivity index (χ4v) is 6.54. The van der Waals surface area contributed by atoms with E-state index in [-0.39, 0.29) is 22.4 Å². The van der Waals surface area contributed by atoms with E-state index in [1.807, 2.05) is 0 Å². The highest BCUT2D eigenvalue weighted by atomic mass is 32.2. The Morgan fingerprint density at radius 2 is 1.55 bits per heavy atom. The molecule has 1 N–H and O–H groups in total. The van der Waals surface area contributed by atoms with Crippen molar-refractivity contribution in [2.75, 3.05) is 26.0 Å². The fraction of sp³-hybridized carbons (Fsp3) is 0.435. The Bertz CT molecular complexity index is 1190. The predicted molar refractivity (Wildman–Crippen MR) is 128 cm³/mol. The number of nitrogens with one attached hydrogen (secondary N) is 1. The molecule has 0 saturated heterocycles. The van der Waals surface area contributed by atoms with Gasteiger partial charge in [0, 0.05) is 25.8 Å². The summed E-state index contributed by atoms with van der Waals surface area (Å²) in [5.74, 6) is -0.511. The molecule has 33 heavy (non-hydrogen) atoms. The number of nitrogens with zero attached hydrogens (tertiary/aromatic N) is 2. The first-order valence-electron chi connectivity index (χ1n) is 10.9. The summed E-state index contributed by atoms with van der Waals surface area (Å²) >= 11 is 0. The van der Waals surface area contributed by atoms with Crippen LogP contribution in [-0.2, 0) is 24.8 Å². The molecule has 0 bridgehead atoms. The number of aryl methyl sites for hydroxylation is 1. The van der Waals surface area contributed by atoms with Gasteiger partial charge in [0.25, 0.3) is 0 Å². The van der Waals surface area contributed by atoms with Crippen molar-refractivity contribution in [1.82, 2.24) is 8.61 Å². The lowest BCUT2D eigenvalue weighted by molar-refractivity contribution is -0.116. The van der Waals surface area contributed by atoms with E-state index < -0.39 is 26.0 Å². The number of anilines is 1. The highest BCUT2D eigenvalue weighted by molar-refractivity contribution is 7.89. The Morgan fingerprint density at radius 3 is 2.15 bits per heavy atom. The van der Waals surface area contributed by atoms with Crippen molar-refractivity contribution in [3.05, 3.63) is 54.1 Å². The Hall–Kier alpha value is -2.27. The monoisotopic (exact) mass is 493 g/mol. The molecule has 0 aromatic heterocycles. The molecule has 0 aliphatic heterocycles. The lowest BCUT2D eigenvalue weighted by Gasteiger charge is -2.33. The molecule has 180 valence electrons. The first kappa shape index (κ1) is 25.4. The molecule has 2 aromatic rings. The van der Waals surface area contributed by atoms with Gasteiger partial charge in [-0.3, -0.25) is 4.79 Å². The van der Waals surface area contributed by atoms with Crippen LogP contribution in [0, 0.1) is 6.92 Å². The van der Waals surface area contributed by atoms with Crippen LogP contribution in [-0.4, -0.2) is 58.0 Å². The Morgan fingerprint density at radius 1 is 0.909 bits per heavy atom. The zero-order valence-electron chi connectivity index (χ0n) is 19.2. The van der Waals surface area contributed by atoms with Gasteiger partial charge in [0.05, 0.1) is 16.3 Å². The molecule has 2 aromatic carbocycles. The summed E-state index contributed by atoms with van der Waals surface area (Å²) in [5, 5.41) is 2.73. The molecule has 10 heteroatoms. The maximum atomic E-state index is 13.4. The van der Waals surface area contributed by atoms with E-state index >= 15 is 0 Å². The van der Waals surface area contributed by atoms with Crippen molar-refractivity contribution >= 4 is 31.6 Å². The molecular formula is C23H31N3O5S2. The molecule has 1 aliphatic carbocycles. The maximum absolute atomic E-state index is 13.4. The third-order valence-corrected chi connectivity index (χ3v) is 9.62. The van der Waals surface area contributed by atoms with Gasteiger partial charge in [0.2, 0.25) is 26.0 Å². The predicted octanol–water partition coefficient (Wildman–Crippen LogP) is 3.21. The third-order valence-electron chi connectivity index (χ3n) is 5.89. The summed E-state index contributed by atoms with van der Waals surface area (Å²) < 4.78 is 54.2. The Kier molecular flexibility index (Phi) is 7.94. The normalized spacial score (nSPS) is 15.7. The van der Waals surface area contributed by atoms with E-state index in [0.29, 0.717) is 24.1 Å². The third kappa shape index (κ3) is 5.81. The topological polar surface area (TPSA) is 104 Å². The molecule has 1 amide bonds. The zero-order valence-corrected chi connectivity index (χ0v) is 20.8. The van der Waals surface area contributed by atoms with Gasteiger partial charge in [0.1, 0.15) is 0 Å². The number of benzene rings is 2. The van der Waals surface area contributed by atoms with Crippen molar-refractivity contribution in [2.24, 2.45) is 0 Å². The van der Waals surface area contributed by atoms with E-state index in [9.17, 15) is 21.6 Å². The van der Waals surface area contributed by atoms with Crippen LogP contribution in [0.2, 0.25) is 0 Å². The summed E-state index contributed by atoms with van der Waals surface area (Å²) in [6, 6.07) is 12.4. The number of carbonyl (C=O) groups is 1. The van der Waals surface area contributed by atoms with Crippen LogP contribution in [0.15, 0.2) is 58.3 Å². The largest absolute Gasteiger partial charge is 0.325 e. The second-order valence-corrected chi connectivity index (χ2v) is 12.5. The minimum atomic E-state index is -3.87. The van der Waals surface area contributed by atoms with Crippen LogP contribution in [0.3, 0.4) is 0 Å². The second-order valence-electron chi connectivity index (χ2n) is 8.47. The van der Waals surface area contributed by atoms with Crippen LogP contribution >= 0.6 is 0 Å². The summed E-state index contributed by atoms with van der Waals surface area (Å²) in [6.45, 7) is 1.41. The van der Waals surface area contributed by atoms with Crippen LogP contribution in [0.25, 0.3) is 0 Å². The van der Waals surface area contributed by atoms with Crippen LogP contribution in [0.5, 0.6) is 0 Å². The fourth-order valence-electron chi connectivity index (χ4n) is 3.95. The lowest BCUT2D eigenvalue weighted by Crippen LogP contribution is -2.45. The van der Waals surface area contributed by atoms with Gasteiger partial charge in [0.15, 0.2) is 0 Å². The van der Waals surface area contributed by atoms with Gasteiger partial charge in [-0.15, -0.1) is 0 Å². The SMILES string of the molecule is Cc1ccc(S(=O)(=O)N(C)C)cc1NC(=O)CN(C1CCCCC1)S(=O)(=O)c1ccccc1. The lowest BCUT2D eigenvalue weighted by atomic mass is 9.95. The van der Waals surface area contributed by atoms with Crippen molar-refractivity contribution in [2.45, 2.75) is 54.9 Å². The van der Waals surface area contributed by atoms with Crippen LogP contribution in [0.1, 0.15) is 37.7 Å². The first-order valence-corrected chi connectivity index (χ1v) is 13.8. The van der Waals surface area contributed by atoms with Gasteiger partial charge in [-0.1, -0.05) is 43.5 Å². The van der Waals surface area contributed by atoms with E-state index in [1.54, 1.807) is 31.2 Å². The molecule has 1 fully saturated rings. The molecule has 0 atom stereocenters. The average Bonchev–Trinajstić information content (AvgIpc) is 2.79. The second kappa shape index (κ2) is 10.3. The van der Waals surface area contributed by atoms with Crippen molar-refractivity contribution in [3.8, 4) is 0 Å². The first-order chi connectivity index (χ1) is 15.5. The van der Waals surface area contributed by atoms with Gasteiger partial charge in [-0.2, -0.15) is 4.31 Å². The number of rotatable bonds is 8. The van der Waals surface area contributed by atoms with Gasteiger partial charge in [-0.25, -0.2) is 21.1 Å². The van der Waals surface area contributed by atoms with E-state index in [0.717, 1.165) is 23.6 Å². The zero-order chi connectivity index (χ0) is 24.2. The molecule has 8 nitrogen and oxygen atoms in total. The summed E-state index contributed by atoms with van der Waals surface area (Å²) in [7, 11) is -4.68. The average molecular weight is 494 g/mol. The van der Waals surface area contributed by atoms with Gasteiger partial charge >= 0.3 is 0 Å². The highest BCUT2D eigenvalue weighted by Crippen LogP contribution is 2.28. The summed E-state index contributed by atoms with van der Waals surface area (Å²) in [5.41, 5.74) is 1.01. The van der Waals surface area contributed by atoms with E-state index in [1.165, 1.54) is 42.7 Å². The molecule has 1 aliphatic rings. The minimum Gasteiger partial charge on any atom is -0.325 e. The molecule has 0 spiro atoms. The summed E-state index contributed by atoms with van der Waals surface area (Å²) in [6.07, 6.45) is 4.28. The van der Waals surface area contributed by atoms with Crippen LogP contribution in [0.4, 0.5) is 5.69 Å². The maximum Gasteiger partial charge on any atom is 0.243 e. The number of hydrogen-bond donors (Lipinski definition) is 1. The molecular weight excluding hydrogens is 462 g/mol. The van der Waals surface area contributed by atoms with Crippen LogP contribution < -0.4 is 5.32 Å². The molecule has 0 radical (unpaired) electrons. The quantitative estimate of drug-likeness (QED) is 0.608. The molecule has 0 heterocycles. The molecule has 1 saturated carbocycles. The Balaban J connectivity index is 1.88. The number of carbonyl (C=O) groups excluding carboxylic acids is 1. The van der Waals surface area contributed by atoms with Gasteiger partial charge < -0.3 is 5.32 Å². The van der Waals surface area contributed by atoms with Crippen molar-refractivity contribution in [3.63, 3.8) is 0 Å². The molecule has 3 rings (SSSR count). The van der Waals surface area contributed by atoms with Crippen molar-refractivity contribution < 1.29 is 21.6 Å². The standard InChI is InChI=1S/C23H31N3O5S2/c1-18-14-15-21(32(28,29)25(2)3)16-22(18)24-23(27)17-26(19-10-6-4-7-11-19)33(30,31)20-12-8-5-9-13-20/h5,8-9,12-16,19H,4,6-7,10-11,17H2,1-3H3,(H,24,27). The minimum absolute atomic E-state index is 0.0504. The number of sulfonamides is 2. The van der Waals surface area contributed by atoms with Crippen molar-refractivity contribution in [1.29, 1.82) is 0 Å².